The summed E-state index contributed by atoms with van der Waals surface area (Å²) in [5, 5.41) is 9.18. The molecule has 2 nitrogen and oxygen atoms in total. The van der Waals surface area contributed by atoms with Gasteiger partial charge in [-0.05, 0) is 17.0 Å². The van der Waals surface area contributed by atoms with Crippen molar-refractivity contribution in [2.75, 3.05) is 0 Å². The van der Waals surface area contributed by atoms with Crippen LogP contribution in [0.2, 0.25) is 0 Å². The maximum Gasteiger partial charge on any atom is 0.101 e. The molecule has 2 heteroatoms. The van der Waals surface area contributed by atoms with Gasteiger partial charge in [0.25, 0.3) is 0 Å². The third-order valence-electron chi connectivity index (χ3n) is 2.58. The van der Waals surface area contributed by atoms with Crippen molar-refractivity contribution in [1.29, 1.82) is 5.26 Å². The predicted molar refractivity (Wildman–Crippen MR) is 66.4 cm³/mol. The van der Waals surface area contributed by atoms with Gasteiger partial charge in [-0.1, -0.05) is 41.5 Å². The third-order valence-corrected chi connectivity index (χ3v) is 2.58. The van der Waals surface area contributed by atoms with E-state index in [1.165, 1.54) is 0 Å². The Labute approximate surface area is 98.3 Å². The van der Waals surface area contributed by atoms with E-state index in [2.05, 4.69) is 52.6 Å². The summed E-state index contributed by atoms with van der Waals surface area (Å²) in [5.74, 6) is 0. The molecule has 0 radical (unpaired) electrons. The first-order valence-corrected chi connectivity index (χ1v) is 5.57. The van der Waals surface area contributed by atoms with Crippen LogP contribution in [0.1, 0.15) is 58.4 Å². The lowest BCUT2D eigenvalue weighted by molar-refractivity contribution is 0.554. The van der Waals surface area contributed by atoms with Crippen molar-refractivity contribution >= 4 is 0 Å². The van der Waals surface area contributed by atoms with Gasteiger partial charge in [0.05, 0.1) is 11.3 Å². The Kier molecular flexibility index (Phi) is 3.10. The van der Waals surface area contributed by atoms with Gasteiger partial charge in [-0.15, -0.1) is 0 Å². The van der Waals surface area contributed by atoms with Crippen LogP contribution >= 0.6 is 0 Å². The van der Waals surface area contributed by atoms with E-state index in [9.17, 15) is 5.26 Å². The van der Waals surface area contributed by atoms with Crippen LogP contribution in [-0.2, 0) is 10.8 Å². The van der Waals surface area contributed by atoms with Crippen molar-refractivity contribution in [2.24, 2.45) is 0 Å². The first-order chi connectivity index (χ1) is 7.16. The fraction of sp³-hybridized carbons (Fsp3) is 0.571. The molecule has 1 heterocycles. The van der Waals surface area contributed by atoms with Crippen molar-refractivity contribution in [3.05, 3.63) is 29.1 Å². The maximum absolute atomic E-state index is 9.18. The van der Waals surface area contributed by atoms with Gasteiger partial charge in [-0.3, -0.25) is 4.98 Å². The van der Waals surface area contributed by atoms with Crippen LogP contribution in [-0.4, -0.2) is 4.98 Å². The van der Waals surface area contributed by atoms with Crippen LogP contribution in [0.4, 0.5) is 0 Å². The second-order valence-corrected chi connectivity index (χ2v) is 6.23. The molecule has 0 N–H and O–H groups in total. The molecule has 0 saturated heterocycles. The van der Waals surface area contributed by atoms with E-state index in [1.54, 1.807) is 0 Å². The summed E-state index contributed by atoms with van der Waals surface area (Å²) < 4.78 is 0. The van der Waals surface area contributed by atoms with Gasteiger partial charge >= 0.3 is 0 Å². The molecule has 0 aliphatic rings. The summed E-state index contributed by atoms with van der Waals surface area (Å²) in [4.78, 5) is 4.46. The quantitative estimate of drug-likeness (QED) is 0.665. The van der Waals surface area contributed by atoms with E-state index in [0.717, 1.165) is 11.3 Å². The minimum atomic E-state index is -0.0819. The van der Waals surface area contributed by atoms with Crippen LogP contribution in [0, 0.1) is 11.3 Å². The number of nitrogens with zero attached hydrogens (tertiary/aromatic N) is 2. The Hall–Kier alpha value is -1.36. The molecule has 0 atom stereocenters. The monoisotopic (exact) mass is 216 g/mol. The van der Waals surface area contributed by atoms with E-state index in [1.807, 2.05) is 12.3 Å². The zero-order valence-corrected chi connectivity index (χ0v) is 11.0. The fourth-order valence-corrected chi connectivity index (χ4v) is 1.56. The average molecular weight is 216 g/mol. The molecular weight excluding hydrogens is 196 g/mol. The molecule has 0 aromatic carbocycles. The minimum Gasteiger partial charge on any atom is -0.259 e. The molecule has 1 aromatic heterocycles. The van der Waals surface area contributed by atoms with Crippen molar-refractivity contribution in [1.82, 2.24) is 4.98 Å². The van der Waals surface area contributed by atoms with Gasteiger partial charge in [0, 0.05) is 11.6 Å². The third kappa shape index (κ3) is 2.61. The maximum atomic E-state index is 9.18. The fourth-order valence-electron chi connectivity index (χ4n) is 1.56. The molecule has 0 saturated carbocycles. The zero-order valence-electron chi connectivity index (χ0n) is 11.0. The van der Waals surface area contributed by atoms with Gasteiger partial charge in [0.15, 0.2) is 0 Å². The Morgan fingerprint density at radius 1 is 1.06 bits per heavy atom. The molecule has 0 amide bonds. The zero-order chi connectivity index (χ0) is 12.6. The second kappa shape index (κ2) is 3.90. The summed E-state index contributed by atoms with van der Waals surface area (Å²) in [6.45, 7) is 12.6. The molecule has 0 unspecified atom stereocenters. The highest BCUT2D eigenvalue weighted by atomic mass is 14.7. The Morgan fingerprint density at radius 2 is 1.62 bits per heavy atom. The van der Waals surface area contributed by atoms with Crippen molar-refractivity contribution in [3.8, 4) is 6.07 Å². The van der Waals surface area contributed by atoms with Crippen LogP contribution in [0.25, 0.3) is 0 Å². The Balaban J connectivity index is 3.36. The molecule has 1 aromatic rings. The van der Waals surface area contributed by atoms with Gasteiger partial charge in [-0.25, -0.2) is 0 Å². The SMILES string of the molecule is CC(C)(C)c1cnc(C(C)(C)C)c(C#N)c1. The highest BCUT2D eigenvalue weighted by Crippen LogP contribution is 2.28. The molecule has 0 aliphatic heterocycles. The Bertz CT molecular complexity index is 426. The molecule has 0 bridgehead atoms. The summed E-state index contributed by atoms with van der Waals surface area (Å²) >= 11 is 0. The Morgan fingerprint density at radius 3 is 2.00 bits per heavy atom. The van der Waals surface area contributed by atoms with Gasteiger partial charge in [0.2, 0.25) is 0 Å². The van der Waals surface area contributed by atoms with E-state index in [4.69, 9.17) is 0 Å². The number of hydrogen-bond donors (Lipinski definition) is 0. The topological polar surface area (TPSA) is 36.7 Å². The molecule has 16 heavy (non-hydrogen) atoms. The number of aromatic nitrogens is 1. The lowest BCUT2D eigenvalue weighted by Gasteiger charge is -2.23. The molecule has 0 aliphatic carbocycles. The van der Waals surface area contributed by atoms with Crippen molar-refractivity contribution in [2.45, 2.75) is 52.4 Å². The number of rotatable bonds is 0. The molecule has 86 valence electrons. The summed E-state index contributed by atoms with van der Waals surface area (Å²) in [5.41, 5.74) is 2.64. The van der Waals surface area contributed by atoms with Crippen LogP contribution < -0.4 is 0 Å². The van der Waals surface area contributed by atoms with Crippen molar-refractivity contribution in [3.63, 3.8) is 0 Å². The van der Waals surface area contributed by atoms with Crippen LogP contribution in [0.15, 0.2) is 12.3 Å². The summed E-state index contributed by atoms with van der Waals surface area (Å²) in [7, 11) is 0. The van der Waals surface area contributed by atoms with E-state index >= 15 is 0 Å². The predicted octanol–water partition coefficient (Wildman–Crippen LogP) is 3.55. The second-order valence-electron chi connectivity index (χ2n) is 6.23. The van der Waals surface area contributed by atoms with Crippen LogP contribution in [0.5, 0.6) is 0 Å². The lowest BCUT2D eigenvalue weighted by Crippen LogP contribution is -2.18. The standard InChI is InChI=1S/C14H20N2/c1-13(2,3)11-7-10(8-15)12(16-9-11)14(4,5)6/h7,9H,1-6H3. The van der Waals surface area contributed by atoms with Crippen molar-refractivity contribution < 1.29 is 0 Å². The molecule has 1 rings (SSSR count). The normalized spacial score (nSPS) is 12.3. The minimum absolute atomic E-state index is 0.0367. The first kappa shape index (κ1) is 12.7. The van der Waals surface area contributed by atoms with E-state index in [-0.39, 0.29) is 10.8 Å². The molecule has 0 fully saturated rings. The smallest absolute Gasteiger partial charge is 0.101 e. The van der Waals surface area contributed by atoms with Gasteiger partial charge < -0.3 is 0 Å². The first-order valence-electron chi connectivity index (χ1n) is 5.57. The van der Waals surface area contributed by atoms with Gasteiger partial charge in [0.1, 0.15) is 6.07 Å². The molecular formula is C14H20N2. The summed E-state index contributed by atoms with van der Waals surface area (Å²) in [6, 6.07) is 4.22. The van der Waals surface area contributed by atoms with Crippen LogP contribution in [0.3, 0.4) is 0 Å². The number of nitriles is 1. The average Bonchev–Trinajstić information content (AvgIpc) is 2.14. The highest BCUT2D eigenvalue weighted by molar-refractivity contribution is 5.40. The van der Waals surface area contributed by atoms with E-state index in [0.29, 0.717) is 5.56 Å². The number of hydrogen-bond acceptors (Lipinski definition) is 2. The highest BCUT2D eigenvalue weighted by Gasteiger charge is 2.22. The molecule has 0 spiro atoms. The number of pyridine rings is 1. The van der Waals surface area contributed by atoms with Gasteiger partial charge in [-0.2, -0.15) is 5.26 Å². The summed E-state index contributed by atoms with van der Waals surface area (Å²) in [6.07, 6.45) is 1.89. The largest absolute Gasteiger partial charge is 0.259 e. The lowest BCUT2D eigenvalue weighted by atomic mass is 9.84. The van der Waals surface area contributed by atoms with E-state index < -0.39 is 0 Å².